The van der Waals surface area contributed by atoms with Crippen LogP contribution in [0.25, 0.3) is 0 Å². The molecule has 1 heterocycles. The number of nitrogens with zero attached hydrogens (tertiary/aromatic N) is 1. The van der Waals surface area contributed by atoms with E-state index in [1.165, 1.54) is 0 Å². The van der Waals surface area contributed by atoms with Gasteiger partial charge in [-0.3, -0.25) is 9.59 Å². The number of hydrogen-bond acceptors (Lipinski definition) is 4. The normalized spacial score (nSPS) is 18.4. The largest absolute Gasteiger partial charge is 0.378 e. The molecule has 1 fully saturated rings. The van der Waals surface area contributed by atoms with Crippen molar-refractivity contribution in [2.75, 3.05) is 13.2 Å². The number of ketones is 1. The lowest BCUT2D eigenvalue weighted by Gasteiger charge is -2.12. The predicted molar refractivity (Wildman–Crippen MR) is 80.9 cm³/mol. The van der Waals surface area contributed by atoms with Gasteiger partial charge in [0.2, 0.25) is 5.91 Å². The van der Waals surface area contributed by atoms with E-state index in [4.69, 9.17) is 10.00 Å². The number of Topliss-reactive ketones (excluding diaryl/α,β-unsaturated/α-hetero) is 1. The molecule has 2 rings (SSSR count). The third kappa shape index (κ3) is 4.68. The van der Waals surface area contributed by atoms with Crippen LogP contribution < -0.4 is 5.32 Å². The van der Waals surface area contributed by atoms with Crippen molar-refractivity contribution in [2.45, 2.75) is 31.8 Å². The van der Waals surface area contributed by atoms with Crippen molar-refractivity contribution in [3.8, 4) is 6.07 Å². The van der Waals surface area contributed by atoms with Crippen LogP contribution in [0.2, 0.25) is 0 Å². The lowest BCUT2D eigenvalue weighted by atomic mass is 9.98. The standard InChI is InChI=1S/C17H20N2O3/c18-12-15(16(20)11-14-7-4-10-22-14)17(21)19-9-8-13-5-2-1-3-6-13/h1-3,5-6,14-15H,4,7-11H2,(H,19,21)/t14-,15+/m1/s1. The van der Waals surface area contributed by atoms with Crippen LogP contribution >= 0.6 is 0 Å². The highest BCUT2D eigenvalue weighted by Crippen LogP contribution is 2.17. The molecule has 1 amide bonds. The number of carbonyl (C=O) groups excluding carboxylic acids is 2. The highest BCUT2D eigenvalue weighted by atomic mass is 16.5. The monoisotopic (exact) mass is 300 g/mol. The zero-order valence-electron chi connectivity index (χ0n) is 12.5. The van der Waals surface area contributed by atoms with Crippen LogP contribution in [0.4, 0.5) is 0 Å². The van der Waals surface area contributed by atoms with Crippen molar-refractivity contribution in [3.63, 3.8) is 0 Å². The Hall–Kier alpha value is -2.19. The lowest BCUT2D eigenvalue weighted by molar-refractivity contribution is -0.132. The minimum absolute atomic E-state index is 0.138. The first-order chi connectivity index (χ1) is 10.7. The average Bonchev–Trinajstić information content (AvgIpc) is 3.02. The number of nitrogens with one attached hydrogen (secondary N) is 1. The summed E-state index contributed by atoms with van der Waals surface area (Å²) in [5, 5.41) is 11.7. The SMILES string of the molecule is N#C[C@@H](C(=O)C[C@H]1CCCO1)C(=O)NCCc1ccccc1. The first-order valence-corrected chi connectivity index (χ1v) is 7.56. The van der Waals surface area contributed by atoms with Crippen LogP contribution in [0.5, 0.6) is 0 Å². The Labute approximate surface area is 130 Å². The zero-order chi connectivity index (χ0) is 15.8. The summed E-state index contributed by atoms with van der Waals surface area (Å²) in [6.07, 6.45) is 2.42. The lowest BCUT2D eigenvalue weighted by Crippen LogP contribution is -2.36. The van der Waals surface area contributed by atoms with E-state index in [0.717, 1.165) is 18.4 Å². The van der Waals surface area contributed by atoms with Crippen molar-refractivity contribution in [2.24, 2.45) is 5.92 Å². The Morgan fingerprint density at radius 3 is 2.77 bits per heavy atom. The summed E-state index contributed by atoms with van der Waals surface area (Å²) in [5.41, 5.74) is 1.10. The van der Waals surface area contributed by atoms with Crippen LogP contribution in [0, 0.1) is 17.2 Å². The summed E-state index contributed by atoms with van der Waals surface area (Å²) in [7, 11) is 0. The number of rotatable bonds is 7. The van der Waals surface area contributed by atoms with Gasteiger partial charge in [-0.25, -0.2) is 0 Å². The Bertz CT molecular complexity index is 545. The minimum Gasteiger partial charge on any atom is -0.378 e. The Kier molecular flexibility index (Phi) is 6.11. The second-order valence-electron chi connectivity index (χ2n) is 5.39. The van der Waals surface area contributed by atoms with E-state index < -0.39 is 11.8 Å². The topological polar surface area (TPSA) is 79.2 Å². The molecular formula is C17H20N2O3. The fraction of sp³-hybridized carbons (Fsp3) is 0.471. The third-order valence-electron chi connectivity index (χ3n) is 3.72. The maximum Gasteiger partial charge on any atom is 0.245 e. The molecule has 0 aromatic heterocycles. The third-order valence-corrected chi connectivity index (χ3v) is 3.72. The first-order valence-electron chi connectivity index (χ1n) is 7.56. The smallest absolute Gasteiger partial charge is 0.245 e. The van der Waals surface area contributed by atoms with Gasteiger partial charge >= 0.3 is 0 Å². The van der Waals surface area contributed by atoms with Crippen LogP contribution in [-0.4, -0.2) is 30.9 Å². The van der Waals surface area contributed by atoms with E-state index in [2.05, 4.69) is 5.32 Å². The van der Waals surface area contributed by atoms with E-state index in [1.807, 2.05) is 36.4 Å². The van der Waals surface area contributed by atoms with Crippen LogP contribution in [-0.2, 0) is 20.7 Å². The van der Waals surface area contributed by atoms with Crippen molar-refractivity contribution >= 4 is 11.7 Å². The molecule has 0 aliphatic carbocycles. The van der Waals surface area contributed by atoms with Gasteiger partial charge in [0.25, 0.3) is 0 Å². The molecule has 0 spiro atoms. The molecule has 2 atom stereocenters. The Morgan fingerprint density at radius 2 is 2.14 bits per heavy atom. The van der Waals surface area contributed by atoms with E-state index in [0.29, 0.717) is 19.6 Å². The molecule has 0 unspecified atom stereocenters. The van der Waals surface area contributed by atoms with Crippen molar-refractivity contribution in [1.82, 2.24) is 5.32 Å². The van der Waals surface area contributed by atoms with E-state index in [-0.39, 0.29) is 18.3 Å². The molecule has 22 heavy (non-hydrogen) atoms. The Balaban J connectivity index is 1.78. The molecule has 0 bridgehead atoms. The number of amides is 1. The fourth-order valence-corrected chi connectivity index (χ4v) is 2.50. The van der Waals surface area contributed by atoms with Crippen LogP contribution in [0.15, 0.2) is 30.3 Å². The van der Waals surface area contributed by atoms with E-state index in [1.54, 1.807) is 0 Å². The number of ether oxygens (including phenoxy) is 1. The van der Waals surface area contributed by atoms with Crippen molar-refractivity contribution < 1.29 is 14.3 Å². The average molecular weight is 300 g/mol. The van der Waals surface area contributed by atoms with Gasteiger partial charge in [0, 0.05) is 19.6 Å². The molecule has 0 radical (unpaired) electrons. The summed E-state index contributed by atoms with van der Waals surface area (Å²) in [4.78, 5) is 24.0. The highest BCUT2D eigenvalue weighted by Gasteiger charge is 2.29. The molecule has 1 saturated heterocycles. The molecule has 5 nitrogen and oxygen atoms in total. The highest BCUT2D eigenvalue weighted by molar-refractivity contribution is 6.04. The fourth-order valence-electron chi connectivity index (χ4n) is 2.50. The molecule has 5 heteroatoms. The molecule has 0 saturated carbocycles. The van der Waals surface area contributed by atoms with E-state index >= 15 is 0 Å². The summed E-state index contributed by atoms with van der Waals surface area (Å²) < 4.78 is 5.38. The van der Waals surface area contributed by atoms with Crippen LogP contribution in [0.1, 0.15) is 24.8 Å². The summed E-state index contributed by atoms with van der Waals surface area (Å²) in [6, 6.07) is 11.5. The van der Waals surface area contributed by atoms with E-state index in [9.17, 15) is 9.59 Å². The number of hydrogen-bond donors (Lipinski definition) is 1. The quantitative estimate of drug-likeness (QED) is 0.776. The summed E-state index contributed by atoms with van der Waals surface area (Å²) in [6.45, 7) is 1.06. The van der Waals surface area contributed by atoms with Crippen molar-refractivity contribution in [3.05, 3.63) is 35.9 Å². The van der Waals surface area contributed by atoms with Gasteiger partial charge in [0.05, 0.1) is 12.2 Å². The van der Waals surface area contributed by atoms with Gasteiger partial charge < -0.3 is 10.1 Å². The molecule has 1 aromatic rings. The maximum absolute atomic E-state index is 12.0. The number of benzene rings is 1. The second-order valence-corrected chi connectivity index (χ2v) is 5.39. The van der Waals surface area contributed by atoms with Gasteiger partial charge in [-0.2, -0.15) is 5.26 Å². The van der Waals surface area contributed by atoms with Gasteiger partial charge in [-0.05, 0) is 24.8 Å². The molecule has 1 aliphatic rings. The molecule has 1 aliphatic heterocycles. The number of carbonyl (C=O) groups is 2. The molecular weight excluding hydrogens is 280 g/mol. The first kappa shape index (κ1) is 16.2. The predicted octanol–water partition coefficient (Wildman–Crippen LogP) is 1.62. The van der Waals surface area contributed by atoms with Gasteiger partial charge in [-0.1, -0.05) is 30.3 Å². The maximum atomic E-state index is 12.0. The summed E-state index contributed by atoms with van der Waals surface area (Å²) in [5.74, 6) is -2.10. The number of nitriles is 1. The van der Waals surface area contributed by atoms with Crippen molar-refractivity contribution in [1.29, 1.82) is 5.26 Å². The van der Waals surface area contributed by atoms with Gasteiger partial charge in [0.1, 0.15) is 0 Å². The molecule has 1 N–H and O–H groups in total. The van der Waals surface area contributed by atoms with Crippen LogP contribution in [0.3, 0.4) is 0 Å². The second kappa shape index (κ2) is 8.30. The van der Waals surface area contributed by atoms with Gasteiger partial charge in [0.15, 0.2) is 11.7 Å². The molecule has 1 aromatic carbocycles. The Morgan fingerprint density at radius 1 is 1.36 bits per heavy atom. The molecule has 116 valence electrons. The van der Waals surface area contributed by atoms with Gasteiger partial charge in [-0.15, -0.1) is 0 Å². The zero-order valence-corrected chi connectivity index (χ0v) is 12.5. The minimum atomic E-state index is -1.24. The summed E-state index contributed by atoms with van der Waals surface area (Å²) >= 11 is 0.